The Morgan fingerprint density at radius 2 is 2.12 bits per heavy atom. The van der Waals surface area contributed by atoms with Crippen molar-refractivity contribution in [2.75, 3.05) is 25.6 Å². The Kier molecular flexibility index (Phi) is 5.91. The van der Waals surface area contributed by atoms with Gasteiger partial charge in [0.15, 0.2) is 0 Å². The number of anilines is 1. The number of nitrogen functional groups attached to an aromatic ring is 1. The molecule has 4 heteroatoms. The highest BCUT2D eigenvalue weighted by Crippen LogP contribution is 2.19. The second-order valence-electron chi connectivity index (χ2n) is 3.66. The topological polar surface area (TPSA) is 68.3 Å². The van der Waals surface area contributed by atoms with Gasteiger partial charge in [-0.2, -0.15) is 5.26 Å². The maximum Gasteiger partial charge on any atom is 0.119 e. The molecule has 0 aliphatic rings. The van der Waals surface area contributed by atoms with Gasteiger partial charge in [0, 0.05) is 12.3 Å². The summed E-state index contributed by atoms with van der Waals surface area (Å²) in [7, 11) is 0. The van der Waals surface area contributed by atoms with E-state index in [0.29, 0.717) is 25.3 Å². The Morgan fingerprint density at radius 1 is 1.29 bits per heavy atom. The number of ether oxygens (including phenoxy) is 2. The van der Waals surface area contributed by atoms with E-state index in [-0.39, 0.29) is 0 Å². The number of nitrogens with two attached hydrogens (primary N) is 1. The molecule has 0 aromatic heterocycles. The lowest BCUT2D eigenvalue weighted by atomic mass is 10.1. The van der Waals surface area contributed by atoms with Crippen molar-refractivity contribution in [3.05, 3.63) is 23.8 Å². The molecule has 0 amide bonds. The highest BCUT2D eigenvalue weighted by molar-refractivity contribution is 5.51. The molecule has 0 atom stereocenters. The van der Waals surface area contributed by atoms with E-state index >= 15 is 0 Å². The quantitative estimate of drug-likeness (QED) is 0.579. The average molecular weight is 234 g/mol. The van der Waals surface area contributed by atoms with Gasteiger partial charge >= 0.3 is 0 Å². The molecule has 0 unspecified atom stereocenters. The lowest BCUT2D eigenvalue weighted by Crippen LogP contribution is -2.07. The van der Waals surface area contributed by atoms with Crippen molar-refractivity contribution in [2.45, 2.75) is 19.8 Å². The van der Waals surface area contributed by atoms with Crippen LogP contribution in [-0.2, 0) is 11.2 Å². The fraction of sp³-hybridized carbons (Fsp3) is 0.462. The third kappa shape index (κ3) is 4.75. The first-order valence-electron chi connectivity index (χ1n) is 5.73. The molecule has 0 spiro atoms. The van der Waals surface area contributed by atoms with Crippen molar-refractivity contribution in [3.8, 4) is 11.8 Å². The van der Waals surface area contributed by atoms with Crippen LogP contribution in [0.4, 0.5) is 5.69 Å². The van der Waals surface area contributed by atoms with Gasteiger partial charge in [-0.3, -0.25) is 0 Å². The first-order chi connectivity index (χ1) is 8.27. The van der Waals surface area contributed by atoms with E-state index in [2.05, 4.69) is 13.0 Å². The predicted molar refractivity (Wildman–Crippen MR) is 66.8 cm³/mol. The van der Waals surface area contributed by atoms with Crippen LogP contribution >= 0.6 is 0 Å². The molecule has 0 aliphatic carbocycles. The van der Waals surface area contributed by atoms with Crippen molar-refractivity contribution in [1.29, 1.82) is 5.26 Å². The minimum absolute atomic E-state index is 0.301. The third-order valence-corrected chi connectivity index (χ3v) is 2.23. The molecule has 0 bridgehead atoms. The van der Waals surface area contributed by atoms with E-state index in [9.17, 15) is 0 Å². The number of benzene rings is 1. The molecule has 0 aliphatic heterocycles. The van der Waals surface area contributed by atoms with Crippen LogP contribution in [0.25, 0.3) is 0 Å². The van der Waals surface area contributed by atoms with E-state index in [1.54, 1.807) is 18.2 Å². The monoisotopic (exact) mass is 234 g/mol. The van der Waals surface area contributed by atoms with Crippen molar-refractivity contribution in [3.63, 3.8) is 0 Å². The lowest BCUT2D eigenvalue weighted by molar-refractivity contribution is 0.101. The van der Waals surface area contributed by atoms with Gasteiger partial charge in [0.05, 0.1) is 19.1 Å². The Balaban J connectivity index is 2.43. The summed E-state index contributed by atoms with van der Waals surface area (Å²) < 4.78 is 10.8. The zero-order valence-electron chi connectivity index (χ0n) is 10.1. The van der Waals surface area contributed by atoms with Crippen LogP contribution in [0, 0.1) is 11.3 Å². The molecular formula is C13H18N2O2. The molecule has 17 heavy (non-hydrogen) atoms. The minimum Gasteiger partial charge on any atom is -0.491 e. The van der Waals surface area contributed by atoms with Crippen LogP contribution in [0.3, 0.4) is 0 Å². The van der Waals surface area contributed by atoms with Gasteiger partial charge < -0.3 is 15.2 Å². The van der Waals surface area contributed by atoms with Gasteiger partial charge in [-0.05, 0) is 30.2 Å². The number of nitrogens with zero attached hydrogens (tertiary/aromatic N) is 1. The van der Waals surface area contributed by atoms with Gasteiger partial charge in [0.25, 0.3) is 0 Å². The fourth-order valence-electron chi connectivity index (χ4n) is 1.38. The van der Waals surface area contributed by atoms with Crippen molar-refractivity contribution >= 4 is 5.69 Å². The number of hydrogen-bond acceptors (Lipinski definition) is 4. The van der Waals surface area contributed by atoms with E-state index < -0.39 is 0 Å². The Labute approximate surface area is 102 Å². The highest BCUT2D eigenvalue weighted by Gasteiger charge is 2.01. The molecule has 0 fully saturated rings. The summed E-state index contributed by atoms with van der Waals surface area (Å²) >= 11 is 0. The molecule has 0 saturated heterocycles. The van der Waals surface area contributed by atoms with Crippen LogP contribution in [-0.4, -0.2) is 19.8 Å². The minimum atomic E-state index is 0.301. The summed E-state index contributed by atoms with van der Waals surface area (Å²) in [6, 6.07) is 7.44. The van der Waals surface area contributed by atoms with Crippen molar-refractivity contribution in [2.24, 2.45) is 0 Å². The summed E-state index contributed by atoms with van der Waals surface area (Å²) in [6.07, 6.45) is 1.31. The zero-order valence-corrected chi connectivity index (χ0v) is 10.1. The predicted octanol–water partition coefficient (Wildman–Crippen LogP) is 2.14. The molecule has 1 aromatic rings. The van der Waals surface area contributed by atoms with Crippen molar-refractivity contribution in [1.82, 2.24) is 0 Å². The summed E-state index contributed by atoms with van der Waals surface area (Å²) in [4.78, 5) is 0. The molecule has 0 saturated carbocycles. The summed E-state index contributed by atoms with van der Waals surface area (Å²) in [5.41, 5.74) is 7.17. The highest BCUT2D eigenvalue weighted by atomic mass is 16.5. The smallest absolute Gasteiger partial charge is 0.119 e. The molecular weight excluding hydrogens is 216 g/mol. The van der Waals surface area contributed by atoms with Gasteiger partial charge in [0.1, 0.15) is 12.4 Å². The van der Waals surface area contributed by atoms with Gasteiger partial charge in [-0.25, -0.2) is 0 Å². The van der Waals surface area contributed by atoms with Crippen LogP contribution < -0.4 is 10.5 Å². The molecule has 1 rings (SSSR count). The maximum absolute atomic E-state index is 8.64. The maximum atomic E-state index is 8.64. The number of nitriles is 1. The molecule has 92 valence electrons. The molecule has 1 aromatic carbocycles. The third-order valence-electron chi connectivity index (χ3n) is 2.23. The first kappa shape index (κ1) is 13.3. The summed E-state index contributed by atoms with van der Waals surface area (Å²) in [5, 5.41) is 8.64. The van der Waals surface area contributed by atoms with E-state index in [1.807, 2.05) is 0 Å². The Hall–Kier alpha value is -1.73. The summed E-state index contributed by atoms with van der Waals surface area (Å²) in [5.74, 6) is 0.726. The van der Waals surface area contributed by atoms with Gasteiger partial charge in [-0.1, -0.05) is 6.92 Å². The van der Waals surface area contributed by atoms with E-state index in [0.717, 1.165) is 24.3 Å². The van der Waals surface area contributed by atoms with Crippen LogP contribution in [0.5, 0.6) is 5.75 Å². The standard InChI is InChI=1S/C13H18N2O2/c1-2-7-16-8-9-17-12-3-4-13(15)11(10-12)5-6-14/h3-4,10H,2,5,7-9,15H2,1H3. The molecule has 2 N–H and O–H groups in total. The zero-order chi connectivity index (χ0) is 12.5. The molecule has 4 nitrogen and oxygen atoms in total. The molecule has 0 radical (unpaired) electrons. The largest absolute Gasteiger partial charge is 0.491 e. The first-order valence-corrected chi connectivity index (χ1v) is 5.73. The fourth-order valence-corrected chi connectivity index (χ4v) is 1.38. The Morgan fingerprint density at radius 3 is 2.82 bits per heavy atom. The second kappa shape index (κ2) is 7.53. The van der Waals surface area contributed by atoms with Crippen LogP contribution in [0.15, 0.2) is 18.2 Å². The van der Waals surface area contributed by atoms with Gasteiger partial charge in [0.2, 0.25) is 0 Å². The SMILES string of the molecule is CCCOCCOc1ccc(N)c(CC#N)c1. The Bertz CT molecular complexity index is 385. The van der Waals surface area contributed by atoms with Crippen molar-refractivity contribution < 1.29 is 9.47 Å². The average Bonchev–Trinajstić information content (AvgIpc) is 2.33. The normalized spacial score (nSPS) is 9.88. The van der Waals surface area contributed by atoms with E-state index in [1.165, 1.54) is 0 Å². The number of rotatable bonds is 7. The van der Waals surface area contributed by atoms with Crippen LogP contribution in [0.2, 0.25) is 0 Å². The van der Waals surface area contributed by atoms with Gasteiger partial charge in [-0.15, -0.1) is 0 Å². The van der Waals surface area contributed by atoms with E-state index in [4.69, 9.17) is 20.5 Å². The molecule has 0 heterocycles. The van der Waals surface area contributed by atoms with Crippen LogP contribution in [0.1, 0.15) is 18.9 Å². The lowest BCUT2D eigenvalue weighted by Gasteiger charge is -2.09. The second-order valence-corrected chi connectivity index (χ2v) is 3.66. The number of hydrogen-bond donors (Lipinski definition) is 1. The summed E-state index contributed by atoms with van der Waals surface area (Å²) in [6.45, 7) is 3.90.